The molecule has 2 N–H and O–H groups in total. The highest BCUT2D eigenvalue weighted by atomic mass is 32.1. The van der Waals surface area contributed by atoms with E-state index < -0.39 is 17.2 Å². The van der Waals surface area contributed by atoms with E-state index in [1.807, 2.05) is 10.4 Å². The summed E-state index contributed by atoms with van der Waals surface area (Å²) in [5, 5.41) is 2.91. The number of thiazole rings is 1. The Kier molecular flexibility index (Phi) is 4.37. The Hall–Kier alpha value is -2.22. The molecule has 0 radical (unpaired) electrons. The molecule has 2 aromatic heterocycles. The number of aromatic nitrogens is 3. The van der Waals surface area contributed by atoms with Crippen LogP contribution in [-0.4, -0.2) is 32.8 Å². The molecule has 8 heteroatoms. The van der Waals surface area contributed by atoms with Gasteiger partial charge in [0.1, 0.15) is 5.69 Å². The molecule has 2 aromatic rings. The predicted molar refractivity (Wildman–Crippen MR) is 79.7 cm³/mol. The van der Waals surface area contributed by atoms with Crippen LogP contribution in [0.1, 0.15) is 41.0 Å². The summed E-state index contributed by atoms with van der Waals surface area (Å²) in [4.78, 5) is 44.8. The van der Waals surface area contributed by atoms with Gasteiger partial charge in [0.25, 0.3) is 11.5 Å². The van der Waals surface area contributed by atoms with Gasteiger partial charge in [-0.05, 0) is 0 Å². The maximum absolute atomic E-state index is 12.2. The van der Waals surface area contributed by atoms with Crippen LogP contribution in [-0.2, 0) is 6.54 Å². The zero-order chi connectivity index (χ0) is 15.6. The van der Waals surface area contributed by atoms with E-state index in [9.17, 15) is 14.4 Å². The molecular formula is C13H16N4O3S. The van der Waals surface area contributed by atoms with Crippen LogP contribution in [0.3, 0.4) is 0 Å². The molecule has 2 heterocycles. The maximum Gasteiger partial charge on any atom is 0.326 e. The number of hydrogen-bond acceptors (Lipinski definition) is 5. The third-order valence-corrected chi connectivity index (χ3v) is 3.99. The van der Waals surface area contributed by atoms with Crippen LogP contribution in [0.5, 0.6) is 0 Å². The van der Waals surface area contributed by atoms with Gasteiger partial charge >= 0.3 is 5.69 Å². The molecular weight excluding hydrogens is 292 g/mol. The first-order valence-electron chi connectivity index (χ1n) is 6.40. The summed E-state index contributed by atoms with van der Waals surface area (Å²) in [7, 11) is 1.59. The highest BCUT2D eigenvalue weighted by Gasteiger charge is 2.15. The smallest absolute Gasteiger partial charge is 0.326 e. The SMILES string of the molecule is CC(C)c1nc(CN(C)C(=O)c2cc(=O)[nH]c(=O)[nH]2)cs1. The third kappa shape index (κ3) is 3.66. The van der Waals surface area contributed by atoms with Crippen LogP contribution in [0.4, 0.5) is 0 Å². The maximum atomic E-state index is 12.2. The Morgan fingerprint density at radius 3 is 2.67 bits per heavy atom. The molecule has 21 heavy (non-hydrogen) atoms. The van der Waals surface area contributed by atoms with Crippen molar-refractivity contribution in [1.82, 2.24) is 19.9 Å². The lowest BCUT2D eigenvalue weighted by molar-refractivity contribution is 0.0777. The van der Waals surface area contributed by atoms with Gasteiger partial charge in [-0.2, -0.15) is 0 Å². The molecule has 0 bridgehead atoms. The average Bonchev–Trinajstić information content (AvgIpc) is 2.85. The first kappa shape index (κ1) is 15.2. The molecule has 0 aliphatic carbocycles. The molecule has 0 saturated heterocycles. The van der Waals surface area contributed by atoms with Gasteiger partial charge in [0.2, 0.25) is 0 Å². The third-order valence-electron chi connectivity index (χ3n) is 2.80. The molecule has 0 aliphatic heterocycles. The fraction of sp³-hybridized carbons (Fsp3) is 0.385. The summed E-state index contributed by atoms with van der Waals surface area (Å²) in [6, 6.07) is 1.07. The highest BCUT2D eigenvalue weighted by Crippen LogP contribution is 2.19. The topological polar surface area (TPSA) is 98.9 Å². The minimum Gasteiger partial charge on any atom is -0.335 e. The van der Waals surface area contributed by atoms with Crippen molar-refractivity contribution in [3.05, 3.63) is 48.7 Å². The van der Waals surface area contributed by atoms with Crippen molar-refractivity contribution in [3.8, 4) is 0 Å². The van der Waals surface area contributed by atoms with Crippen molar-refractivity contribution in [2.75, 3.05) is 7.05 Å². The van der Waals surface area contributed by atoms with Gasteiger partial charge in [0.05, 0.1) is 17.2 Å². The van der Waals surface area contributed by atoms with Crippen molar-refractivity contribution in [1.29, 1.82) is 0 Å². The summed E-state index contributed by atoms with van der Waals surface area (Å²) < 4.78 is 0. The van der Waals surface area contributed by atoms with Gasteiger partial charge in [0, 0.05) is 24.4 Å². The van der Waals surface area contributed by atoms with Crippen LogP contribution in [0.15, 0.2) is 21.0 Å². The fourth-order valence-electron chi connectivity index (χ4n) is 1.76. The minimum absolute atomic E-state index is 0.0365. The van der Waals surface area contributed by atoms with E-state index >= 15 is 0 Å². The fourth-order valence-corrected chi connectivity index (χ4v) is 2.59. The number of rotatable bonds is 4. The Morgan fingerprint density at radius 2 is 2.10 bits per heavy atom. The molecule has 0 fully saturated rings. The van der Waals surface area contributed by atoms with Crippen molar-refractivity contribution in [2.24, 2.45) is 0 Å². The van der Waals surface area contributed by atoms with Crippen LogP contribution >= 0.6 is 11.3 Å². The zero-order valence-electron chi connectivity index (χ0n) is 12.0. The van der Waals surface area contributed by atoms with Crippen molar-refractivity contribution in [2.45, 2.75) is 26.3 Å². The number of hydrogen-bond donors (Lipinski definition) is 2. The Morgan fingerprint density at radius 1 is 1.38 bits per heavy atom. The molecule has 0 saturated carbocycles. The summed E-state index contributed by atoms with van der Waals surface area (Å²) in [5.41, 5.74) is -0.557. The van der Waals surface area contributed by atoms with Crippen LogP contribution < -0.4 is 11.2 Å². The van der Waals surface area contributed by atoms with Crippen molar-refractivity contribution in [3.63, 3.8) is 0 Å². The van der Waals surface area contributed by atoms with Crippen molar-refractivity contribution < 1.29 is 4.79 Å². The zero-order valence-corrected chi connectivity index (χ0v) is 12.8. The highest BCUT2D eigenvalue weighted by molar-refractivity contribution is 7.09. The quantitative estimate of drug-likeness (QED) is 0.877. The van der Waals surface area contributed by atoms with Gasteiger partial charge in [0.15, 0.2) is 0 Å². The number of aromatic amines is 2. The molecule has 0 aromatic carbocycles. The Balaban J connectivity index is 2.15. The van der Waals surface area contributed by atoms with Crippen molar-refractivity contribution >= 4 is 17.2 Å². The van der Waals surface area contributed by atoms with E-state index in [1.165, 1.54) is 4.90 Å². The van der Waals surface area contributed by atoms with E-state index in [0.717, 1.165) is 16.8 Å². The Bertz CT molecular complexity index is 731. The minimum atomic E-state index is -0.699. The molecule has 0 atom stereocenters. The standard InChI is InChI=1S/C13H16N4O3S/c1-7(2)11-14-8(6-21-11)5-17(3)12(19)9-4-10(18)16-13(20)15-9/h4,6-7H,5H2,1-3H3,(H2,15,16,18,20). The molecule has 7 nitrogen and oxygen atoms in total. The lowest BCUT2D eigenvalue weighted by atomic mass is 10.2. The van der Waals surface area contributed by atoms with Gasteiger partial charge in [-0.25, -0.2) is 9.78 Å². The number of nitrogens with zero attached hydrogens (tertiary/aromatic N) is 2. The number of amides is 1. The number of nitrogens with one attached hydrogen (secondary N) is 2. The molecule has 112 valence electrons. The van der Waals surface area contributed by atoms with E-state index in [2.05, 4.69) is 23.8 Å². The van der Waals surface area contributed by atoms with E-state index in [0.29, 0.717) is 12.5 Å². The first-order chi connectivity index (χ1) is 9.86. The molecule has 2 rings (SSSR count). The number of carbonyl (C=O) groups excluding carboxylic acids is 1. The summed E-state index contributed by atoms with van der Waals surface area (Å²) in [6.45, 7) is 4.42. The molecule has 0 aliphatic rings. The van der Waals surface area contributed by atoms with E-state index in [4.69, 9.17) is 0 Å². The molecule has 0 unspecified atom stereocenters. The van der Waals surface area contributed by atoms with E-state index in [-0.39, 0.29) is 5.69 Å². The second-order valence-electron chi connectivity index (χ2n) is 4.99. The van der Waals surface area contributed by atoms with Crippen LogP contribution in [0.2, 0.25) is 0 Å². The second kappa shape index (κ2) is 6.04. The van der Waals surface area contributed by atoms with Gasteiger partial charge in [-0.1, -0.05) is 13.8 Å². The summed E-state index contributed by atoms with van der Waals surface area (Å²) in [6.07, 6.45) is 0. The van der Waals surface area contributed by atoms with E-state index in [1.54, 1.807) is 18.4 Å². The molecule has 0 spiro atoms. The number of H-pyrrole nitrogens is 2. The van der Waals surface area contributed by atoms with Gasteiger partial charge in [-0.15, -0.1) is 11.3 Å². The van der Waals surface area contributed by atoms with Crippen LogP contribution in [0.25, 0.3) is 0 Å². The molecule has 1 amide bonds. The lowest BCUT2D eigenvalue weighted by Gasteiger charge is -2.15. The number of carbonyl (C=O) groups is 1. The normalized spacial score (nSPS) is 10.9. The second-order valence-corrected chi connectivity index (χ2v) is 5.88. The summed E-state index contributed by atoms with van der Waals surface area (Å²) in [5.74, 6) is -0.0916. The predicted octanol–water partition coefficient (Wildman–Crippen LogP) is 0.915. The summed E-state index contributed by atoms with van der Waals surface area (Å²) >= 11 is 1.55. The van der Waals surface area contributed by atoms with Crippen LogP contribution in [0, 0.1) is 0 Å². The monoisotopic (exact) mass is 308 g/mol. The first-order valence-corrected chi connectivity index (χ1v) is 7.28. The van der Waals surface area contributed by atoms with Gasteiger partial charge < -0.3 is 9.88 Å². The Labute approximate surface area is 124 Å². The van der Waals surface area contributed by atoms with Gasteiger partial charge in [-0.3, -0.25) is 14.6 Å². The largest absolute Gasteiger partial charge is 0.335 e. The average molecular weight is 308 g/mol. The lowest BCUT2D eigenvalue weighted by Crippen LogP contribution is -2.32.